The van der Waals surface area contributed by atoms with E-state index in [2.05, 4.69) is 45.0 Å². The predicted molar refractivity (Wildman–Crippen MR) is 71.9 cm³/mol. The summed E-state index contributed by atoms with van der Waals surface area (Å²) >= 11 is 0. The second-order valence-electron chi connectivity index (χ2n) is 5.78. The van der Waals surface area contributed by atoms with Crippen LogP contribution < -0.4 is 15.2 Å². The van der Waals surface area contributed by atoms with Crippen LogP contribution in [0.4, 0.5) is 0 Å². The maximum absolute atomic E-state index is 6.14. The van der Waals surface area contributed by atoms with E-state index >= 15 is 0 Å². The number of fused-ring (bicyclic) bond motifs is 1. The lowest BCUT2D eigenvalue weighted by atomic mass is 9.91. The van der Waals surface area contributed by atoms with E-state index in [9.17, 15) is 0 Å². The van der Waals surface area contributed by atoms with Gasteiger partial charge in [0, 0.05) is 11.6 Å². The number of rotatable bonds is 4. The van der Waals surface area contributed by atoms with Crippen LogP contribution in [0.3, 0.4) is 0 Å². The highest BCUT2D eigenvalue weighted by atomic mass is 16.7. The van der Waals surface area contributed by atoms with Crippen molar-refractivity contribution in [3.8, 4) is 11.5 Å². The van der Waals surface area contributed by atoms with Crippen molar-refractivity contribution in [2.75, 3.05) is 20.9 Å². The van der Waals surface area contributed by atoms with Crippen molar-refractivity contribution >= 4 is 0 Å². The number of nitrogens with zero attached hydrogens (tertiary/aromatic N) is 1. The average molecular weight is 250 g/mol. The van der Waals surface area contributed by atoms with Gasteiger partial charge in [0.1, 0.15) is 0 Å². The molecule has 1 heterocycles. The molecule has 4 heteroatoms. The van der Waals surface area contributed by atoms with Gasteiger partial charge in [-0.25, -0.2) is 0 Å². The molecule has 0 spiro atoms. The molecule has 0 bridgehead atoms. The van der Waals surface area contributed by atoms with Crippen LogP contribution in [0, 0.1) is 0 Å². The summed E-state index contributed by atoms with van der Waals surface area (Å²) in [5.41, 5.74) is 7.15. The molecule has 0 aromatic heterocycles. The Labute approximate surface area is 109 Å². The molecule has 1 aromatic rings. The molecule has 2 N–H and O–H groups in total. The van der Waals surface area contributed by atoms with Crippen LogP contribution in [0.2, 0.25) is 0 Å². The molecule has 1 aliphatic heterocycles. The molecule has 1 aromatic carbocycles. The van der Waals surface area contributed by atoms with Crippen molar-refractivity contribution in [1.82, 2.24) is 4.90 Å². The van der Waals surface area contributed by atoms with E-state index in [0.717, 1.165) is 17.9 Å². The molecule has 0 aliphatic carbocycles. The lowest BCUT2D eigenvalue weighted by Gasteiger charge is -2.31. The van der Waals surface area contributed by atoms with Gasteiger partial charge in [0.05, 0.1) is 0 Å². The van der Waals surface area contributed by atoms with Crippen molar-refractivity contribution in [2.45, 2.75) is 31.8 Å². The van der Waals surface area contributed by atoms with Crippen LogP contribution in [0.5, 0.6) is 11.5 Å². The molecule has 0 amide bonds. The van der Waals surface area contributed by atoms with Gasteiger partial charge in [-0.3, -0.25) is 0 Å². The standard InChI is InChI=1S/C14H22N2O2/c1-14(2,15)8-11(16(3)4)10-5-6-12-13(7-10)18-9-17-12/h5-7,11H,8-9,15H2,1-4H3. The zero-order valence-corrected chi connectivity index (χ0v) is 11.6. The topological polar surface area (TPSA) is 47.7 Å². The number of ether oxygens (including phenoxy) is 2. The fourth-order valence-electron chi connectivity index (χ4n) is 2.22. The highest BCUT2D eigenvalue weighted by Gasteiger charge is 2.24. The van der Waals surface area contributed by atoms with Gasteiger partial charge in [0.25, 0.3) is 0 Å². The minimum absolute atomic E-state index is 0.203. The Morgan fingerprint density at radius 3 is 2.56 bits per heavy atom. The van der Waals surface area contributed by atoms with Crippen LogP contribution in [0.25, 0.3) is 0 Å². The Bertz CT molecular complexity index is 424. The normalized spacial score (nSPS) is 16.1. The summed E-state index contributed by atoms with van der Waals surface area (Å²) in [4.78, 5) is 2.19. The first-order chi connectivity index (χ1) is 8.37. The summed E-state index contributed by atoms with van der Waals surface area (Å²) in [5.74, 6) is 1.65. The highest BCUT2D eigenvalue weighted by Crippen LogP contribution is 2.36. The Kier molecular flexibility index (Phi) is 3.50. The molecule has 1 unspecified atom stereocenters. The molecule has 0 radical (unpaired) electrons. The number of nitrogens with two attached hydrogens (primary N) is 1. The Hall–Kier alpha value is -1.26. The molecule has 4 nitrogen and oxygen atoms in total. The molecule has 0 fully saturated rings. The van der Waals surface area contributed by atoms with E-state index in [1.165, 1.54) is 5.56 Å². The van der Waals surface area contributed by atoms with Crippen molar-refractivity contribution in [3.63, 3.8) is 0 Å². The largest absolute Gasteiger partial charge is 0.454 e. The van der Waals surface area contributed by atoms with E-state index < -0.39 is 0 Å². The first-order valence-electron chi connectivity index (χ1n) is 6.22. The number of hydrogen-bond donors (Lipinski definition) is 1. The third-order valence-electron chi connectivity index (χ3n) is 3.12. The van der Waals surface area contributed by atoms with Gasteiger partial charge in [-0.05, 0) is 52.1 Å². The first-order valence-corrected chi connectivity index (χ1v) is 6.22. The summed E-state index contributed by atoms with van der Waals surface area (Å²) in [6.45, 7) is 4.42. The molecule has 18 heavy (non-hydrogen) atoms. The van der Waals surface area contributed by atoms with E-state index in [0.29, 0.717) is 6.79 Å². The maximum atomic E-state index is 6.14. The fourth-order valence-corrected chi connectivity index (χ4v) is 2.22. The monoisotopic (exact) mass is 250 g/mol. The lowest BCUT2D eigenvalue weighted by molar-refractivity contribution is 0.173. The fraction of sp³-hybridized carbons (Fsp3) is 0.571. The summed E-state index contributed by atoms with van der Waals surface area (Å²) < 4.78 is 10.8. The second-order valence-corrected chi connectivity index (χ2v) is 5.78. The van der Waals surface area contributed by atoms with E-state index in [1.807, 2.05) is 6.07 Å². The molecule has 2 rings (SSSR count). The minimum Gasteiger partial charge on any atom is -0.454 e. The summed E-state index contributed by atoms with van der Waals surface area (Å²) in [7, 11) is 4.14. The second kappa shape index (κ2) is 4.78. The summed E-state index contributed by atoms with van der Waals surface area (Å²) in [6, 6.07) is 6.39. The van der Waals surface area contributed by atoms with E-state index in [1.54, 1.807) is 0 Å². The average Bonchev–Trinajstić information content (AvgIpc) is 2.71. The molecule has 0 saturated carbocycles. The molecule has 1 aliphatic rings. The number of hydrogen-bond acceptors (Lipinski definition) is 4. The van der Waals surface area contributed by atoms with Gasteiger partial charge in [0.2, 0.25) is 6.79 Å². The molecule has 1 atom stereocenters. The van der Waals surface area contributed by atoms with Crippen LogP contribution in [-0.2, 0) is 0 Å². The molecular weight excluding hydrogens is 228 g/mol. The van der Waals surface area contributed by atoms with Crippen LogP contribution >= 0.6 is 0 Å². The first kappa shape index (κ1) is 13.2. The molecule has 100 valence electrons. The van der Waals surface area contributed by atoms with Crippen molar-refractivity contribution in [3.05, 3.63) is 23.8 Å². The van der Waals surface area contributed by atoms with E-state index in [-0.39, 0.29) is 11.6 Å². The van der Waals surface area contributed by atoms with Crippen molar-refractivity contribution in [1.29, 1.82) is 0 Å². The predicted octanol–water partition coefficient (Wildman–Crippen LogP) is 2.15. The van der Waals surface area contributed by atoms with Crippen molar-refractivity contribution < 1.29 is 9.47 Å². The zero-order valence-electron chi connectivity index (χ0n) is 11.6. The van der Waals surface area contributed by atoms with Gasteiger partial charge in [-0.2, -0.15) is 0 Å². The third-order valence-corrected chi connectivity index (χ3v) is 3.12. The van der Waals surface area contributed by atoms with Gasteiger partial charge in [0.15, 0.2) is 11.5 Å². The lowest BCUT2D eigenvalue weighted by Crippen LogP contribution is -2.37. The third kappa shape index (κ3) is 2.94. The highest BCUT2D eigenvalue weighted by molar-refractivity contribution is 5.45. The van der Waals surface area contributed by atoms with Crippen LogP contribution in [0.15, 0.2) is 18.2 Å². The zero-order chi connectivity index (χ0) is 13.3. The van der Waals surface area contributed by atoms with Crippen LogP contribution in [0.1, 0.15) is 31.9 Å². The maximum Gasteiger partial charge on any atom is 0.231 e. The van der Waals surface area contributed by atoms with E-state index in [4.69, 9.17) is 15.2 Å². The minimum atomic E-state index is -0.203. The van der Waals surface area contributed by atoms with Crippen LogP contribution in [-0.4, -0.2) is 31.3 Å². The Morgan fingerprint density at radius 2 is 1.94 bits per heavy atom. The Balaban J connectivity index is 2.26. The quantitative estimate of drug-likeness (QED) is 0.889. The molecule has 0 saturated heterocycles. The van der Waals surface area contributed by atoms with Gasteiger partial charge in [-0.1, -0.05) is 6.07 Å². The molecular formula is C14H22N2O2. The Morgan fingerprint density at radius 1 is 1.28 bits per heavy atom. The number of benzene rings is 1. The van der Waals surface area contributed by atoms with Gasteiger partial charge in [-0.15, -0.1) is 0 Å². The van der Waals surface area contributed by atoms with Gasteiger partial charge < -0.3 is 20.1 Å². The smallest absolute Gasteiger partial charge is 0.231 e. The summed E-state index contributed by atoms with van der Waals surface area (Å²) in [6.07, 6.45) is 0.889. The van der Waals surface area contributed by atoms with Crippen molar-refractivity contribution in [2.24, 2.45) is 5.73 Å². The van der Waals surface area contributed by atoms with Gasteiger partial charge >= 0.3 is 0 Å². The SMILES string of the molecule is CN(C)C(CC(C)(C)N)c1ccc2c(c1)OCO2. The summed E-state index contributed by atoms with van der Waals surface area (Å²) in [5, 5.41) is 0.